The van der Waals surface area contributed by atoms with Gasteiger partial charge in [0.25, 0.3) is 5.91 Å². The third-order valence-corrected chi connectivity index (χ3v) is 4.93. The van der Waals surface area contributed by atoms with Gasteiger partial charge in [0.1, 0.15) is 5.69 Å². The molecule has 0 aromatic carbocycles. The fourth-order valence-electron chi connectivity index (χ4n) is 3.33. The Labute approximate surface area is 132 Å². The maximum absolute atomic E-state index is 12.9. The number of rotatable bonds is 2. The summed E-state index contributed by atoms with van der Waals surface area (Å²) in [6.45, 7) is 2.58. The Hall–Kier alpha value is -0.850. The molecule has 0 unspecified atom stereocenters. The van der Waals surface area contributed by atoms with Crippen molar-refractivity contribution in [2.24, 2.45) is 0 Å². The summed E-state index contributed by atoms with van der Waals surface area (Å²) in [5, 5.41) is 0. The zero-order valence-electron chi connectivity index (χ0n) is 11.9. The van der Waals surface area contributed by atoms with E-state index in [9.17, 15) is 4.79 Å². The first-order chi connectivity index (χ1) is 10.2. The van der Waals surface area contributed by atoms with Crippen LogP contribution in [0.5, 0.6) is 0 Å². The lowest BCUT2D eigenvalue weighted by atomic mass is 10.0. The first-order valence-electron chi connectivity index (χ1n) is 7.61. The fraction of sp³-hybridized carbons (Fsp3) is 0.667. The number of hydrogen-bond acceptors (Lipinski definition) is 3. The first kappa shape index (κ1) is 13.8. The summed E-state index contributed by atoms with van der Waals surface area (Å²) >= 11 is 3.49. The summed E-state index contributed by atoms with van der Waals surface area (Å²) in [7, 11) is 0. The Morgan fingerprint density at radius 2 is 2.10 bits per heavy atom. The molecule has 3 fully saturated rings. The van der Waals surface area contributed by atoms with Crippen LogP contribution in [0, 0.1) is 0 Å². The third kappa shape index (κ3) is 2.53. The van der Waals surface area contributed by atoms with Crippen molar-refractivity contribution < 1.29 is 14.3 Å². The fourth-order valence-corrected chi connectivity index (χ4v) is 3.77. The number of aromatic nitrogens is 1. The molecule has 0 atom stereocenters. The van der Waals surface area contributed by atoms with Crippen LogP contribution in [0.2, 0.25) is 0 Å². The molecule has 1 amide bonds. The van der Waals surface area contributed by atoms with Crippen LogP contribution < -0.4 is 0 Å². The number of nitrogens with zero attached hydrogens (tertiary/aromatic N) is 2. The van der Waals surface area contributed by atoms with Crippen molar-refractivity contribution in [3.05, 3.63) is 22.4 Å². The van der Waals surface area contributed by atoms with Crippen LogP contribution in [0.25, 0.3) is 0 Å². The van der Waals surface area contributed by atoms with E-state index in [0.717, 1.165) is 42.4 Å². The van der Waals surface area contributed by atoms with Gasteiger partial charge in [-0.1, -0.05) is 0 Å². The van der Waals surface area contributed by atoms with E-state index >= 15 is 0 Å². The van der Waals surface area contributed by atoms with Crippen molar-refractivity contribution in [1.29, 1.82) is 0 Å². The summed E-state index contributed by atoms with van der Waals surface area (Å²) < 4.78 is 14.6. The molecule has 6 heteroatoms. The van der Waals surface area contributed by atoms with E-state index in [-0.39, 0.29) is 5.91 Å². The van der Waals surface area contributed by atoms with Crippen molar-refractivity contribution in [3.63, 3.8) is 0 Å². The Morgan fingerprint density at radius 3 is 2.81 bits per heavy atom. The monoisotopic (exact) mass is 354 g/mol. The number of ether oxygens (including phenoxy) is 2. The second-order valence-electron chi connectivity index (χ2n) is 6.12. The molecule has 3 aliphatic rings. The summed E-state index contributed by atoms with van der Waals surface area (Å²) in [5.41, 5.74) is 0.777. The van der Waals surface area contributed by atoms with E-state index in [1.165, 1.54) is 0 Å². The van der Waals surface area contributed by atoms with Gasteiger partial charge in [0.15, 0.2) is 5.79 Å². The van der Waals surface area contributed by atoms with Crippen molar-refractivity contribution in [2.45, 2.75) is 37.5 Å². The molecule has 2 aliphatic heterocycles. The number of piperidine rings is 1. The first-order valence-corrected chi connectivity index (χ1v) is 8.41. The van der Waals surface area contributed by atoms with E-state index in [1.807, 2.05) is 17.2 Å². The molecule has 1 saturated carbocycles. The Bertz CT molecular complexity index is 561. The number of likely N-dealkylation sites (tertiary alicyclic amines) is 1. The molecule has 3 heterocycles. The minimum absolute atomic E-state index is 0.0887. The number of amides is 1. The van der Waals surface area contributed by atoms with Gasteiger partial charge in [-0.3, -0.25) is 4.79 Å². The average molecular weight is 355 g/mol. The van der Waals surface area contributed by atoms with Gasteiger partial charge in [0, 0.05) is 29.7 Å². The van der Waals surface area contributed by atoms with Crippen molar-refractivity contribution in [1.82, 2.24) is 9.47 Å². The van der Waals surface area contributed by atoms with Gasteiger partial charge in [-0.25, -0.2) is 0 Å². The van der Waals surface area contributed by atoms with Crippen molar-refractivity contribution in [2.75, 3.05) is 26.3 Å². The minimum Gasteiger partial charge on any atom is -0.346 e. The highest BCUT2D eigenvalue weighted by Gasteiger charge is 2.43. The Morgan fingerprint density at radius 1 is 1.33 bits per heavy atom. The molecular formula is C15H19BrN2O3. The number of carbonyl (C=O) groups excluding carboxylic acids is 1. The lowest BCUT2D eigenvalue weighted by Gasteiger charge is -2.38. The Kier molecular flexibility index (Phi) is 3.35. The lowest BCUT2D eigenvalue weighted by molar-refractivity contribution is -0.183. The molecule has 2 saturated heterocycles. The third-order valence-electron chi connectivity index (χ3n) is 4.49. The highest BCUT2D eigenvalue weighted by atomic mass is 79.9. The maximum Gasteiger partial charge on any atom is 0.270 e. The quantitative estimate of drug-likeness (QED) is 0.819. The molecule has 1 aromatic heterocycles. The number of carbonyl (C=O) groups is 1. The SMILES string of the molecule is O=C(c1cc(Br)cn1C1CC1)N1CCCC2(C1)OCCO2. The van der Waals surface area contributed by atoms with Crippen LogP contribution in [-0.2, 0) is 9.47 Å². The second-order valence-corrected chi connectivity index (χ2v) is 7.04. The van der Waals surface area contributed by atoms with Crippen LogP contribution in [0.15, 0.2) is 16.7 Å². The zero-order chi connectivity index (χ0) is 14.4. The van der Waals surface area contributed by atoms with Crippen LogP contribution in [0.1, 0.15) is 42.2 Å². The van der Waals surface area contributed by atoms with E-state index in [1.54, 1.807) is 0 Å². The summed E-state index contributed by atoms with van der Waals surface area (Å²) in [6.07, 6.45) is 6.16. The van der Waals surface area contributed by atoms with Gasteiger partial charge in [-0.2, -0.15) is 0 Å². The topological polar surface area (TPSA) is 43.7 Å². The second kappa shape index (κ2) is 5.11. The lowest BCUT2D eigenvalue weighted by Crippen LogP contribution is -2.51. The number of halogens is 1. The predicted molar refractivity (Wildman–Crippen MR) is 80.2 cm³/mol. The molecular weight excluding hydrogens is 336 g/mol. The standard InChI is InChI=1S/C15H19BrN2O3/c16-11-8-13(18(9-11)12-2-3-12)14(19)17-5-1-4-15(10-17)20-6-7-21-15/h8-9,12H,1-7,10H2. The number of hydrogen-bond donors (Lipinski definition) is 0. The highest BCUT2D eigenvalue weighted by Crippen LogP contribution is 2.38. The average Bonchev–Trinajstić information content (AvgIpc) is 3.13. The van der Waals surface area contributed by atoms with Gasteiger partial charge in [0.2, 0.25) is 0 Å². The molecule has 4 rings (SSSR count). The van der Waals surface area contributed by atoms with Gasteiger partial charge < -0.3 is 18.9 Å². The normalized spacial score (nSPS) is 24.7. The van der Waals surface area contributed by atoms with Gasteiger partial charge in [-0.05, 0) is 41.3 Å². The van der Waals surface area contributed by atoms with Crippen LogP contribution >= 0.6 is 15.9 Å². The predicted octanol–water partition coefficient (Wildman–Crippen LogP) is 2.56. The largest absolute Gasteiger partial charge is 0.346 e. The van der Waals surface area contributed by atoms with Gasteiger partial charge in [-0.15, -0.1) is 0 Å². The molecule has 21 heavy (non-hydrogen) atoms. The van der Waals surface area contributed by atoms with E-state index in [0.29, 0.717) is 25.8 Å². The Balaban J connectivity index is 1.56. The molecule has 1 spiro atoms. The van der Waals surface area contributed by atoms with Crippen molar-refractivity contribution in [3.8, 4) is 0 Å². The molecule has 0 N–H and O–H groups in total. The summed E-state index contributed by atoms with van der Waals surface area (Å²) in [4.78, 5) is 14.8. The van der Waals surface area contributed by atoms with E-state index in [2.05, 4.69) is 20.5 Å². The maximum atomic E-state index is 12.9. The minimum atomic E-state index is -0.553. The zero-order valence-corrected chi connectivity index (χ0v) is 13.5. The molecule has 1 aromatic rings. The van der Waals surface area contributed by atoms with Crippen LogP contribution in [0.4, 0.5) is 0 Å². The molecule has 114 valence electrons. The van der Waals surface area contributed by atoms with Crippen LogP contribution in [0.3, 0.4) is 0 Å². The van der Waals surface area contributed by atoms with E-state index in [4.69, 9.17) is 9.47 Å². The molecule has 0 radical (unpaired) electrons. The van der Waals surface area contributed by atoms with Crippen LogP contribution in [-0.4, -0.2) is 47.5 Å². The summed E-state index contributed by atoms with van der Waals surface area (Å²) in [6, 6.07) is 2.42. The molecule has 5 nitrogen and oxygen atoms in total. The van der Waals surface area contributed by atoms with Gasteiger partial charge >= 0.3 is 0 Å². The smallest absolute Gasteiger partial charge is 0.270 e. The summed E-state index contributed by atoms with van der Waals surface area (Å²) in [5.74, 6) is -0.465. The molecule has 1 aliphatic carbocycles. The highest BCUT2D eigenvalue weighted by molar-refractivity contribution is 9.10. The molecule has 0 bridgehead atoms. The van der Waals surface area contributed by atoms with Gasteiger partial charge in [0.05, 0.1) is 19.8 Å². The van der Waals surface area contributed by atoms with E-state index < -0.39 is 5.79 Å². The van der Waals surface area contributed by atoms with Crippen molar-refractivity contribution >= 4 is 21.8 Å².